The molecule has 0 spiro atoms. The molecule has 0 fully saturated rings. The molecule has 0 N–H and O–H groups in total. The molecule has 1 heterocycles. The largest absolute Gasteiger partial charge is 0.316 e. The number of aryl methyl sites for hydroxylation is 2. The average molecular weight is 418 g/mol. The molecule has 1 amide bonds. The first-order chi connectivity index (χ1) is 13.3. The fourth-order valence-corrected chi connectivity index (χ4v) is 5.04. The van der Waals surface area contributed by atoms with Crippen LogP contribution in [0.15, 0.2) is 52.4 Å². The van der Waals surface area contributed by atoms with Gasteiger partial charge in [-0.3, -0.25) is 4.79 Å². The average Bonchev–Trinajstić information content (AvgIpc) is 3.04. The molecule has 148 valence electrons. The molecule has 1 aromatic heterocycles. The second kappa shape index (κ2) is 7.98. The van der Waals surface area contributed by atoms with Gasteiger partial charge in [0, 0.05) is 26.2 Å². The standard InChI is InChI=1S/C20H23N3O3S2/c1-5-14-8-7-9-17-18(14)23(6-2)20(27-17)21-19(24)15-10-12-16(13-11-15)28(25,26)22(3)4/h7-13H,5-6H2,1-4H3. The first kappa shape index (κ1) is 20.4. The number of rotatable bonds is 5. The van der Waals surface area contributed by atoms with Gasteiger partial charge in [-0.1, -0.05) is 30.4 Å². The fraction of sp³-hybridized carbons (Fsp3) is 0.300. The van der Waals surface area contributed by atoms with Gasteiger partial charge in [-0.2, -0.15) is 4.99 Å². The van der Waals surface area contributed by atoms with Gasteiger partial charge in [0.25, 0.3) is 5.91 Å². The van der Waals surface area contributed by atoms with E-state index in [2.05, 4.69) is 22.5 Å². The van der Waals surface area contributed by atoms with Crippen molar-refractivity contribution < 1.29 is 13.2 Å². The summed E-state index contributed by atoms with van der Waals surface area (Å²) in [5, 5.41) is 0. The number of hydrogen-bond acceptors (Lipinski definition) is 4. The van der Waals surface area contributed by atoms with E-state index in [4.69, 9.17) is 0 Å². The van der Waals surface area contributed by atoms with Crippen LogP contribution in [-0.4, -0.2) is 37.3 Å². The fourth-order valence-electron chi connectivity index (χ4n) is 3.00. The van der Waals surface area contributed by atoms with Gasteiger partial charge in [-0.05, 0) is 49.2 Å². The van der Waals surface area contributed by atoms with E-state index in [1.807, 2.05) is 19.1 Å². The Morgan fingerprint density at radius 1 is 1.11 bits per heavy atom. The van der Waals surface area contributed by atoms with Crippen LogP contribution in [0.5, 0.6) is 0 Å². The van der Waals surface area contributed by atoms with E-state index >= 15 is 0 Å². The molecule has 8 heteroatoms. The monoisotopic (exact) mass is 417 g/mol. The number of benzene rings is 2. The predicted molar refractivity (Wildman–Crippen MR) is 112 cm³/mol. The molecule has 3 rings (SSSR count). The maximum Gasteiger partial charge on any atom is 0.279 e. The number of sulfonamides is 1. The number of fused-ring (bicyclic) bond motifs is 1. The number of para-hydroxylation sites is 1. The third-order valence-electron chi connectivity index (χ3n) is 4.56. The van der Waals surface area contributed by atoms with Gasteiger partial charge >= 0.3 is 0 Å². The third kappa shape index (κ3) is 3.67. The molecule has 6 nitrogen and oxygen atoms in total. The van der Waals surface area contributed by atoms with Gasteiger partial charge in [0.05, 0.1) is 15.1 Å². The zero-order valence-corrected chi connectivity index (χ0v) is 18.0. The Hall–Kier alpha value is -2.29. The van der Waals surface area contributed by atoms with E-state index in [0.29, 0.717) is 16.9 Å². The lowest BCUT2D eigenvalue weighted by molar-refractivity contribution is 0.0997. The summed E-state index contributed by atoms with van der Waals surface area (Å²) in [6.07, 6.45) is 0.906. The van der Waals surface area contributed by atoms with Gasteiger partial charge in [0.15, 0.2) is 4.80 Å². The smallest absolute Gasteiger partial charge is 0.279 e. The molecule has 28 heavy (non-hydrogen) atoms. The second-order valence-corrected chi connectivity index (χ2v) is 9.64. The summed E-state index contributed by atoms with van der Waals surface area (Å²) >= 11 is 1.49. The van der Waals surface area contributed by atoms with Crippen molar-refractivity contribution in [2.45, 2.75) is 31.7 Å². The summed E-state index contributed by atoms with van der Waals surface area (Å²) in [4.78, 5) is 17.8. The lowest BCUT2D eigenvalue weighted by atomic mass is 10.1. The zero-order chi connectivity index (χ0) is 20.5. The predicted octanol–water partition coefficient (Wildman–Crippen LogP) is 3.28. The van der Waals surface area contributed by atoms with E-state index < -0.39 is 10.0 Å². The zero-order valence-electron chi connectivity index (χ0n) is 16.3. The molecule has 0 bridgehead atoms. The molecule has 0 radical (unpaired) electrons. The highest BCUT2D eigenvalue weighted by atomic mass is 32.2. The van der Waals surface area contributed by atoms with Crippen LogP contribution < -0.4 is 4.80 Å². The van der Waals surface area contributed by atoms with Crippen molar-refractivity contribution in [1.82, 2.24) is 8.87 Å². The Labute approximate surface area is 168 Å². The molecule has 0 unspecified atom stereocenters. The van der Waals surface area contributed by atoms with Crippen LogP contribution in [0.25, 0.3) is 10.2 Å². The van der Waals surface area contributed by atoms with Crippen LogP contribution in [0.4, 0.5) is 0 Å². The number of carbonyl (C=O) groups is 1. The topological polar surface area (TPSA) is 71.7 Å². The van der Waals surface area contributed by atoms with Gasteiger partial charge in [0.1, 0.15) is 0 Å². The number of thiazole rings is 1. The molecule has 3 aromatic rings. The normalized spacial score (nSPS) is 12.8. The minimum Gasteiger partial charge on any atom is -0.316 e. The lowest BCUT2D eigenvalue weighted by Crippen LogP contribution is -2.22. The minimum atomic E-state index is -3.52. The highest BCUT2D eigenvalue weighted by Gasteiger charge is 2.17. The first-order valence-corrected chi connectivity index (χ1v) is 11.3. The van der Waals surface area contributed by atoms with E-state index in [1.165, 1.54) is 55.3 Å². The number of carbonyl (C=O) groups excluding carboxylic acids is 1. The molecule has 2 aromatic carbocycles. The van der Waals surface area contributed by atoms with Gasteiger partial charge in [-0.25, -0.2) is 12.7 Å². The van der Waals surface area contributed by atoms with Crippen molar-refractivity contribution in [3.05, 3.63) is 58.4 Å². The lowest BCUT2D eigenvalue weighted by Gasteiger charge is -2.11. The maximum atomic E-state index is 12.7. The van der Waals surface area contributed by atoms with E-state index in [1.54, 1.807) is 0 Å². The van der Waals surface area contributed by atoms with Gasteiger partial charge in [0.2, 0.25) is 10.0 Å². The molecule has 0 saturated carbocycles. The molecular weight excluding hydrogens is 394 g/mol. The minimum absolute atomic E-state index is 0.145. The highest BCUT2D eigenvalue weighted by molar-refractivity contribution is 7.89. The van der Waals surface area contributed by atoms with Crippen molar-refractivity contribution in [1.29, 1.82) is 0 Å². The van der Waals surface area contributed by atoms with Crippen LogP contribution in [0.1, 0.15) is 29.8 Å². The third-order valence-corrected chi connectivity index (χ3v) is 7.43. The summed E-state index contributed by atoms with van der Waals surface area (Å²) in [7, 11) is -0.582. The number of aromatic nitrogens is 1. The number of amides is 1. The second-order valence-electron chi connectivity index (χ2n) is 6.48. The Kier molecular flexibility index (Phi) is 5.83. The molecular formula is C20H23N3O3S2. The van der Waals surface area contributed by atoms with Crippen LogP contribution in [0.2, 0.25) is 0 Å². The molecule has 0 aliphatic rings. The van der Waals surface area contributed by atoms with E-state index in [-0.39, 0.29) is 10.8 Å². The summed E-state index contributed by atoms with van der Waals surface area (Å²) in [5.41, 5.74) is 2.70. The number of nitrogens with zero attached hydrogens (tertiary/aromatic N) is 3. The van der Waals surface area contributed by atoms with Crippen molar-refractivity contribution in [2.24, 2.45) is 4.99 Å². The molecule has 0 saturated heterocycles. The van der Waals surface area contributed by atoms with Crippen LogP contribution in [0.3, 0.4) is 0 Å². The molecule has 0 aliphatic carbocycles. The van der Waals surface area contributed by atoms with Crippen molar-refractivity contribution >= 4 is 37.5 Å². The van der Waals surface area contributed by atoms with Crippen molar-refractivity contribution in [3.8, 4) is 0 Å². The first-order valence-electron chi connectivity index (χ1n) is 9.02. The quantitative estimate of drug-likeness (QED) is 0.640. The Balaban J connectivity index is 2.04. The van der Waals surface area contributed by atoms with E-state index in [9.17, 15) is 13.2 Å². The Morgan fingerprint density at radius 3 is 2.36 bits per heavy atom. The SMILES string of the molecule is CCc1cccc2sc(=NC(=O)c3ccc(S(=O)(=O)N(C)C)cc3)n(CC)c12. The maximum absolute atomic E-state index is 12.7. The summed E-state index contributed by atoms with van der Waals surface area (Å²) < 4.78 is 28.6. The van der Waals surface area contributed by atoms with E-state index in [0.717, 1.165) is 20.9 Å². The summed E-state index contributed by atoms with van der Waals surface area (Å²) in [6, 6.07) is 12.0. The Morgan fingerprint density at radius 2 is 1.79 bits per heavy atom. The molecule has 0 aliphatic heterocycles. The van der Waals surface area contributed by atoms with Crippen LogP contribution in [0, 0.1) is 0 Å². The van der Waals surface area contributed by atoms with Crippen molar-refractivity contribution in [3.63, 3.8) is 0 Å². The molecule has 0 atom stereocenters. The van der Waals surface area contributed by atoms with Crippen LogP contribution in [-0.2, 0) is 23.0 Å². The highest BCUT2D eigenvalue weighted by Crippen LogP contribution is 2.22. The van der Waals surface area contributed by atoms with Gasteiger partial charge < -0.3 is 4.57 Å². The summed E-state index contributed by atoms with van der Waals surface area (Å²) in [5.74, 6) is -0.388. The van der Waals surface area contributed by atoms with Crippen LogP contribution >= 0.6 is 11.3 Å². The van der Waals surface area contributed by atoms with Crippen molar-refractivity contribution in [2.75, 3.05) is 14.1 Å². The summed E-state index contributed by atoms with van der Waals surface area (Å²) in [6.45, 7) is 4.85. The number of hydrogen-bond donors (Lipinski definition) is 0. The van der Waals surface area contributed by atoms with Gasteiger partial charge in [-0.15, -0.1) is 0 Å². The Bertz CT molecular complexity index is 1190.